The molecule has 0 saturated heterocycles. The Kier molecular flexibility index (Phi) is 7.82. The van der Waals surface area contributed by atoms with Gasteiger partial charge < -0.3 is 20.0 Å². The number of carbonyl (C=O) groups is 1. The maximum Gasteiger partial charge on any atom is 0.341 e. The molecule has 0 saturated carbocycles. The number of benzene rings is 1. The molecule has 2 rings (SSSR count). The van der Waals surface area contributed by atoms with Crippen LogP contribution in [0.25, 0.3) is 10.9 Å². The van der Waals surface area contributed by atoms with Gasteiger partial charge in [-0.2, -0.15) is 0 Å². The Morgan fingerprint density at radius 1 is 1.15 bits per heavy atom. The number of fused-ring (bicyclic) bond motifs is 1. The molecule has 0 spiro atoms. The quantitative estimate of drug-likeness (QED) is 0.583. The molecule has 2 aromatic rings. The SMILES string of the molecule is CN(C)n1cc(C(=O)O)c(=O)c2cc(CCCCCOCCCO)ccc21. The number of carboxylic acid groups (broad SMARTS) is 1. The molecule has 0 fully saturated rings. The molecule has 1 heterocycles. The summed E-state index contributed by atoms with van der Waals surface area (Å²) in [5, 5.41) is 20.2. The lowest BCUT2D eigenvalue weighted by Crippen LogP contribution is -2.29. The molecule has 0 radical (unpaired) electrons. The van der Waals surface area contributed by atoms with E-state index in [0.29, 0.717) is 30.5 Å². The van der Waals surface area contributed by atoms with Crippen molar-refractivity contribution in [2.45, 2.75) is 32.1 Å². The highest BCUT2D eigenvalue weighted by Crippen LogP contribution is 2.16. The van der Waals surface area contributed by atoms with E-state index in [2.05, 4.69) is 0 Å². The molecule has 1 aromatic heterocycles. The monoisotopic (exact) mass is 376 g/mol. The minimum Gasteiger partial charge on any atom is -0.477 e. The highest BCUT2D eigenvalue weighted by atomic mass is 16.5. The first-order valence-electron chi connectivity index (χ1n) is 9.23. The summed E-state index contributed by atoms with van der Waals surface area (Å²) in [6, 6.07) is 5.66. The average Bonchev–Trinajstić information content (AvgIpc) is 2.64. The van der Waals surface area contributed by atoms with Gasteiger partial charge in [0.25, 0.3) is 0 Å². The van der Waals surface area contributed by atoms with Crippen molar-refractivity contribution < 1.29 is 19.7 Å². The van der Waals surface area contributed by atoms with E-state index >= 15 is 0 Å². The van der Waals surface area contributed by atoms with Crippen LogP contribution < -0.4 is 10.4 Å². The van der Waals surface area contributed by atoms with Gasteiger partial charge in [0.1, 0.15) is 5.56 Å². The third kappa shape index (κ3) is 5.55. The summed E-state index contributed by atoms with van der Waals surface area (Å²) in [6.45, 7) is 1.43. The number of carboxylic acids is 1. The van der Waals surface area contributed by atoms with E-state index in [9.17, 15) is 14.7 Å². The lowest BCUT2D eigenvalue weighted by atomic mass is 10.0. The molecular weight excluding hydrogens is 348 g/mol. The number of ether oxygens (including phenoxy) is 1. The van der Waals surface area contributed by atoms with Gasteiger partial charge in [0.15, 0.2) is 0 Å². The van der Waals surface area contributed by atoms with Gasteiger partial charge in [0.2, 0.25) is 5.43 Å². The van der Waals surface area contributed by atoms with Gasteiger partial charge in [-0.1, -0.05) is 12.5 Å². The first-order valence-corrected chi connectivity index (χ1v) is 9.23. The number of nitrogens with zero attached hydrogens (tertiary/aromatic N) is 2. The summed E-state index contributed by atoms with van der Waals surface area (Å²) >= 11 is 0. The molecule has 0 unspecified atom stereocenters. The smallest absolute Gasteiger partial charge is 0.341 e. The molecule has 7 heteroatoms. The number of rotatable bonds is 11. The minimum absolute atomic E-state index is 0.154. The number of aliphatic hydroxyl groups is 1. The van der Waals surface area contributed by atoms with Crippen LogP contribution in [0, 0.1) is 0 Å². The normalized spacial score (nSPS) is 11.1. The zero-order valence-electron chi connectivity index (χ0n) is 16.0. The Morgan fingerprint density at radius 3 is 2.56 bits per heavy atom. The van der Waals surface area contributed by atoms with Crippen molar-refractivity contribution in [3.63, 3.8) is 0 Å². The van der Waals surface area contributed by atoms with E-state index in [4.69, 9.17) is 9.84 Å². The zero-order valence-corrected chi connectivity index (χ0v) is 16.0. The topological polar surface area (TPSA) is 92.0 Å². The second-order valence-corrected chi connectivity index (χ2v) is 6.72. The van der Waals surface area contributed by atoms with Crippen molar-refractivity contribution in [2.75, 3.05) is 38.9 Å². The molecule has 0 bridgehead atoms. The maximum atomic E-state index is 12.6. The Hall–Kier alpha value is -2.38. The van der Waals surface area contributed by atoms with Crippen LogP contribution in [-0.4, -0.2) is 54.8 Å². The van der Waals surface area contributed by atoms with Gasteiger partial charge >= 0.3 is 5.97 Å². The van der Waals surface area contributed by atoms with E-state index < -0.39 is 11.4 Å². The van der Waals surface area contributed by atoms with Crippen LogP contribution in [0.5, 0.6) is 0 Å². The molecular formula is C20H28N2O5. The first kappa shape index (κ1) is 20.9. The van der Waals surface area contributed by atoms with Gasteiger partial charge in [0, 0.05) is 45.5 Å². The van der Waals surface area contributed by atoms with E-state index in [1.807, 2.05) is 18.2 Å². The van der Waals surface area contributed by atoms with Gasteiger partial charge in [-0.3, -0.25) is 9.47 Å². The Labute approximate surface area is 158 Å². The summed E-state index contributed by atoms with van der Waals surface area (Å²) in [4.78, 5) is 24.0. The van der Waals surface area contributed by atoms with E-state index in [1.165, 1.54) is 6.20 Å². The van der Waals surface area contributed by atoms with Gasteiger partial charge in [-0.25, -0.2) is 4.79 Å². The second kappa shape index (κ2) is 10.1. The predicted molar refractivity (Wildman–Crippen MR) is 105 cm³/mol. The molecule has 0 atom stereocenters. The number of hydrogen-bond acceptors (Lipinski definition) is 5. The van der Waals surface area contributed by atoms with E-state index in [-0.39, 0.29) is 12.2 Å². The zero-order chi connectivity index (χ0) is 19.8. The molecule has 1 aromatic carbocycles. The largest absolute Gasteiger partial charge is 0.477 e. The number of aromatic carboxylic acids is 1. The van der Waals surface area contributed by atoms with Crippen LogP contribution in [0.3, 0.4) is 0 Å². The van der Waals surface area contributed by atoms with Gasteiger partial charge in [0.05, 0.1) is 5.52 Å². The predicted octanol–water partition coefficient (Wildman–Crippen LogP) is 2.01. The molecule has 0 aliphatic carbocycles. The third-order valence-corrected chi connectivity index (χ3v) is 4.41. The molecule has 27 heavy (non-hydrogen) atoms. The van der Waals surface area contributed by atoms with Crippen LogP contribution in [-0.2, 0) is 11.2 Å². The first-order chi connectivity index (χ1) is 13.0. The molecule has 7 nitrogen and oxygen atoms in total. The summed E-state index contributed by atoms with van der Waals surface area (Å²) in [7, 11) is 3.60. The van der Waals surface area contributed by atoms with Crippen molar-refractivity contribution >= 4 is 16.9 Å². The summed E-state index contributed by atoms with van der Waals surface area (Å²) in [5.74, 6) is -1.22. The standard InChI is InChI=1S/C20H28N2O5/c1-21(2)22-14-17(20(25)26)19(24)16-13-15(8-9-18(16)22)7-4-3-5-11-27-12-6-10-23/h8-9,13-14,23H,3-7,10-12H2,1-2H3,(H,25,26). The fraction of sp³-hybridized carbons (Fsp3) is 0.500. The second-order valence-electron chi connectivity index (χ2n) is 6.72. The lowest BCUT2D eigenvalue weighted by molar-refractivity contribution is 0.0695. The van der Waals surface area contributed by atoms with Crippen LogP contribution in [0.15, 0.2) is 29.2 Å². The van der Waals surface area contributed by atoms with Crippen molar-refractivity contribution in [3.05, 3.63) is 45.7 Å². The lowest BCUT2D eigenvalue weighted by Gasteiger charge is -2.20. The Balaban J connectivity index is 2.08. The van der Waals surface area contributed by atoms with Gasteiger partial charge in [-0.15, -0.1) is 0 Å². The molecule has 2 N–H and O–H groups in total. The fourth-order valence-electron chi connectivity index (χ4n) is 2.98. The molecule has 0 aliphatic rings. The number of hydrogen-bond donors (Lipinski definition) is 2. The highest BCUT2D eigenvalue weighted by Gasteiger charge is 2.15. The van der Waals surface area contributed by atoms with Crippen LogP contribution in [0.2, 0.25) is 0 Å². The van der Waals surface area contributed by atoms with Crippen LogP contribution in [0.4, 0.5) is 0 Å². The van der Waals surface area contributed by atoms with Crippen LogP contribution >= 0.6 is 0 Å². The molecule has 148 valence electrons. The van der Waals surface area contributed by atoms with Crippen molar-refractivity contribution in [1.82, 2.24) is 4.68 Å². The number of unbranched alkanes of at least 4 members (excludes halogenated alkanes) is 2. The summed E-state index contributed by atoms with van der Waals surface area (Å²) < 4.78 is 7.08. The van der Waals surface area contributed by atoms with Crippen molar-refractivity contribution in [3.8, 4) is 0 Å². The number of aliphatic hydroxyl groups excluding tert-OH is 1. The third-order valence-electron chi connectivity index (χ3n) is 4.41. The summed E-state index contributed by atoms with van der Waals surface area (Å²) in [5.41, 5.74) is 1.03. The molecule has 0 aliphatic heterocycles. The maximum absolute atomic E-state index is 12.6. The van der Waals surface area contributed by atoms with E-state index in [0.717, 1.165) is 31.2 Å². The minimum atomic E-state index is -1.22. The Bertz CT molecular complexity index is 829. The van der Waals surface area contributed by atoms with Crippen molar-refractivity contribution in [1.29, 1.82) is 0 Å². The fourth-order valence-corrected chi connectivity index (χ4v) is 2.98. The average molecular weight is 376 g/mol. The molecule has 0 amide bonds. The van der Waals surface area contributed by atoms with E-state index in [1.54, 1.807) is 23.8 Å². The number of aromatic nitrogens is 1. The highest BCUT2D eigenvalue weighted by molar-refractivity contribution is 5.92. The van der Waals surface area contributed by atoms with Crippen LogP contribution in [0.1, 0.15) is 41.6 Å². The number of pyridine rings is 1. The van der Waals surface area contributed by atoms with Gasteiger partial charge in [-0.05, 0) is 43.4 Å². The summed E-state index contributed by atoms with van der Waals surface area (Å²) in [6.07, 6.45) is 5.79. The number of aryl methyl sites for hydroxylation is 1. The van der Waals surface area contributed by atoms with Crippen molar-refractivity contribution in [2.24, 2.45) is 0 Å². The Morgan fingerprint density at radius 2 is 1.89 bits per heavy atom.